The molecular formula is C23H31N3O3. The molecule has 1 saturated carbocycles. The number of nitrogens with zero attached hydrogens (tertiary/aromatic N) is 2. The number of hydrogen-bond donors (Lipinski definition) is 1. The number of carbonyl (C=O) groups is 2. The molecule has 0 radical (unpaired) electrons. The zero-order valence-corrected chi connectivity index (χ0v) is 17.3. The molecule has 4 rings (SSSR count). The van der Waals surface area contributed by atoms with Crippen molar-refractivity contribution in [3.8, 4) is 0 Å². The number of esters is 1. The van der Waals surface area contributed by atoms with Crippen molar-refractivity contribution in [1.82, 2.24) is 9.80 Å². The molecule has 1 N–H and O–H groups in total. The van der Waals surface area contributed by atoms with Gasteiger partial charge in [0.05, 0.1) is 18.6 Å². The van der Waals surface area contributed by atoms with Gasteiger partial charge in [-0.1, -0.05) is 24.3 Å². The summed E-state index contributed by atoms with van der Waals surface area (Å²) >= 11 is 0. The summed E-state index contributed by atoms with van der Waals surface area (Å²) < 4.78 is 5.36. The highest BCUT2D eigenvalue weighted by atomic mass is 16.5. The Morgan fingerprint density at radius 2 is 2.03 bits per heavy atom. The van der Waals surface area contributed by atoms with Gasteiger partial charge in [-0.25, -0.2) is 0 Å². The smallest absolute Gasteiger partial charge is 0.313 e. The molecular weight excluding hydrogens is 366 g/mol. The third-order valence-electron chi connectivity index (χ3n) is 6.64. The van der Waals surface area contributed by atoms with Crippen molar-refractivity contribution in [3.63, 3.8) is 0 Å². The van der Waals surface area contributed by atoms with E-state index in [2.05, 4.69) is 28.7 Å². The number of hydrogen-bond acceptors (Lipinski definition) is 5. The molecule has 1 aromatic carbocycles. The van der Waals surface area contributed by atoms with Crippen LogP contribution in [-0.4, -0.2) is 68.1 Å². The first-order valence-electron chi connectivity index (χ1n) is 10.6. The average Bonchev–Trinajstić information content (AvgIpc) is 3.05. The lowest BCUT2D eigenvalue weighted by Gasteiger charge is -2.24. The lowest BCUT2D eigenvalue weighted by molar-refractivity contribution is -0.146. The van der Waals surface area contributed by atoms with E-state index >= 15 is 0 Å². The molecule has 2 saturated heterocycles. The number of amides is 1. The number of allylic oxidation sites excluding steroid dienone is 1. The summed E-state index contributed by atoms with van der Waals surface area (Å²) in [7, 11) is 2.12. The highest BCUT2D eigenvalue weighted by molar-refractivity contribution is 5.92. The summed E-state index contributed by atoms with van der Waals surface area (Å²) in [5, 5.41) is 3.00. The van der Waals surface area contributed by atoms with Gasteiger partial charge in [-0.2, -0.15) is 0 Å². The van der Waals surface area contributed by atoms with Crippen molar-refractivity contribution >= 4 is 17.6 Å². The minimum Gasteiger partial charge on any atom is -0.465 e. The molecule has 3 fully saturated rings. The maximum atomic E-state index is 12.4. The van der Waals surface area contributed by atoms with Crippen molar-refractivity contribution in [1.29, 1.82) is 0 Å². The van der Waals surface area contributed by atoms with Crippen molar-refractivity contribution in [2.75, 3.05) is 51.7 Å². The van der Waals surface area contributed by atoms with Gasteiger partial charge >= 0.3 is 5.97 Å². The minimum atomic E-state index is -0.443. The molecule has 1 aromatic rings. The number of nitrogens with one attached hydrogen (secondary N) is 1. The van der Waals surface area contributed by atoms with E-state index in [9.17, 15) is 9.59 Å². The largest absolute Gasteiger partial charge is 0.465 e. The number of likely N-dealkylation sites (N-methyl/N-ethyl adjacent to an activating group) is 1. The van der Waals surface area contributed by atoms with Crippen LogP contribution in [0, 0.1) is 11.3 Å². The molecule has 1 aliphatic carbocycles. The second-order valence-corrected chi connectivity index (χ2v) is 8.94. The summed E-state index contributed by atoms with van der Waals surface area (Å²) in [6.07, 6.45) is 3.37. The Hall–Kier alpha value is -2.18. The van der Waals surface area contributed by atoms with Gasteiger partial charge in [0.2, 0.25) is 5.91 Å². The molecule has 29 heavy (non-hydrogen) atoms. The normalized spacial score (nSPS) is 28.1. The number of cyclic esters (lactones) is 1. The first-order valence-corrected chi connectivity index (χ1v) is 10.6. The first-order chi connectivity index (χ1) is 13.9. The third kappa shape index (κ3) is 4.38. The fraction of sp³-hybridized carbons (Fsp3) is 0.565. The Kier molecular flexibility index (Phi) is 5.74. The molecule has 2 atom stereocenters. The third-order valence-corrected chi connectivity index (χ3v) is 6.64. The van der Waals surface area contributed by atoms with Crippen LogP contribution in [0.4, 0.5) is 5.69 Å². The van der Waals surface area contributed by atoms with Gasteiger partial charge in [0.1, 0.15) is 0 Å². The quantitative estimate of drug-likeness (QED) is 0.610. The predicted octanol–water partition coefficient (Wildman–Crippen LogP) is 2.31. The second kappa shape index (κ2) is 8.28. The van der Waals surface area contributed by atoms with E-state index in [1.807, 2.05) is 24.3 Å². The highest BCUT2D eigenvalue weighted by Crippen LogP contribution is 2.52. The zero-order valence-electron chi connectivity index (χ0n) is 17.3. The Bertz CT molecular complexity index is 791. The molecule has 0 spiro atoms. The standard InChI is InChI=1S/C23H31N3O3/c1-17-12-19-16-29-22(28)23(19,13-17)14-18-4-6-20(7-5-18)24-21(27)15-26-9-3-8-25(2)10-11-26/h4-7,19H,1,3,8-16H2,2H3,(H,24,27). The first kappa shape index (κ1) is 20.1. The van der Waals surface area contributed by atoms with Crippen LogP contribution in [0.1, 0.15) is 24.8 Å². The Labute approximate surface area is 172 Å². The van der Waals surface area contributed by atoms with Crippen molar-refractivity contribution in [2.45, 2.75) is 25.7 Å². The summed E-state index contributed by atoms with van der Waals surface area (Å²) in [5.74, 6) is 0.184. The monoisotopic (exact) mass is 397 g/mol. The van der Waals surface area contributed by atoms with Gasteiger partial charge < -0.3 is 15.0 Å². The minimum absolute atomic E-state index is 0.0208. The van der Waals surface area contributed by atoms with E-state index in [1.54, 1.807) is 0 Å². The molecule has 2 heterocycles. The molecule has 156 valence electrons. The lowest BCUT2D eigenvalue weighted by Crippen LogP contribution is -2.35. The van der Waals surface area contributed by atoms with E-state index in [-0.39, 0.29) is 17.8 Å². The SMILES string of the molecule is C=C1CC2COC(=O)C2(Cc2ccc(NC(=O)CN3CCCN(C)CC3)cc2)C1. The second-order valence-electron chi connectivity index (χ2n) is 8.94. The fourth-order valence-corrected chi connectivity index (χ4v) is 4.99. The van der Waals surface area contributed by atoms with Gasteiger partial charge in [-0.3, -0.25) is 14.5 Å². The van der Waals surface area contributed by atoms with Gasteiger partial charge in [-0.05, 0) is 63.5 Å². The van der Waals surface area contributed by atoms with Crippen LogP contribution in [0.5, 0.6) is 0 Å². The predicted molar refractivity (Wildman–Crippen MR) is 113 cm³/mol. The molecule has 0 bridgehead atoms. The van der Waals surface area contributed by atoms with E-state index in [0.29, 0.717) is 19.6 Å². The Balaban J connectivity index is 1.34. The van der Waals surface area contributed by atoms with Crippen LogP contribution < -0.4 is 5.32 Å². The van der Waals surface area contributed by atoms with Gasteiger partial charge in [0.15, 0.2) is 0 Å². The number of benzene rings is 1. The van der Waals surface area contributed by atoms with Gasteiger partial charge in [0.25, 0.3) is 0 Å². The lowest BCUT2D eigenvalue weighted by atomic mass is 9.75. The van der Waals surface area contributed by atoms with E-state index < -0.39 is 5.41 Å². The average molecular weight is 398 g/mol. The number of rotatable bonds is 5. The molecule has 3 aliphatic rings. The molecule has 0 aromatic heterocycles. The summed E-state index contributed by atoms with van der Waals surface area (Å²) in [5.41, 5.74) is 2.60. The van der Waals surface area contributed by atoms with E-state index in [4.69, 9.17) is 4.74 Å². The van der Waals surface area contributed by atoms with Crippen LogP contribution in [0.2, 0.25) is 0 Å². The fourth-order valence-electron chi connectivity index (χ4n) is 4.99. The Morgan fingerprint density at radius 3 is 2.83 bits per heavy atom. The van der Waals surface area contributed by atoms with Crippen LogP contribution >= 0.6 is 0 Å². The molecule has 2 unspecified atom stereocenters. The maximum absolute atomic E-state index is 12.4. The van der Waals surface area contributed by atoms with Gasteiger partial charge in [-0.15, -0.1) is 0 Å². The van der Waals surface area contributed by atoms with Crippen LogP contribution in [-0.2, 0) is 20.7 Å². The summed E-state index contributed by atoms with van der Waals surface area (Å²) in [6.45, 7) is 9.01. The molecule has 6 nitrogen and oxygen atoms in total. The van der Waals surface area contributed by atoms with Crippen LogP contribution in [0.15, 0.2) is 36.4 Å². The maximum Gasteiger partial charge on any atom is 0.313 e. The van der Waals surface area contributed by atoms with E-state index in [1.165, 1.54) is 0 Å². The number of anilines is 1. The van der Waals surface area contributed by atoms with Crippen molar-refractivity contribution in [2.24, 2.45) is 11.3 Å². The zero-order chi connectivity index (χ0) is 20.4. The van der Waals surface area contributed by atoms with Crippen LogP contribution in [0.3, 0.4) is 0 Å². The Morgan fingerprint density at radius 1 is 1.24 bits per heavy atom. The topological polar surface area (TPSA) is 61.9 Å². The number of ether oxygens (including phenoxy) is 1. The van der Waals surface area contributed by atoms with Crippen LogP contribution in [0.25, 0.3) is 0 Å². The van der Waals surface area contributed by atoms with E-state index in [0.717, 1.165) is 62.3 Å². The molecule has 2 aliphatic heterocycles. The summed E-state index contributed by atoms with van der Waals surface area (Å²) in [4.78, 5) is 29.4. The van der Waals surface area contributed by atoms with Gasteiger partial charge in [0, 0.05) is 24.7 Å². The molecule has 1 amide bonds. The highest BCUT2D eigenvalue weighted by Gasteiger charge is 2.55. The number of fused-ring (bicyclic) bond motifs is 1. The summed E-state index contributed by atoms with van der Waals surface area (Å²) in [6, 6.07) is 7.88. The van der Waals surface area contributed by atoms with Crippen molar-refractivity contribution < 1.29 is 14.3 Å². The number of carbonyl (C=O) groups excluding carboxylic acids is 2. The molecule has 6 heteroatoms. The van der Waals surface area contributed by atoms with Crippen molar-refractivity contribution in [3.05, 3.63) is 42.0 Å².